The first kappa shape index (κ1) is 25.1. The summed E-state index contributed by atoms with van der Waals surface area (Å²) in [6.07, 6.45) is 4.24. The number of hydrogen-bond donors (Lipinski definition) is 3. The third-order valence-corrected chi connectivity index (χ3v) is 6.20. The highest BCUT2D eigenvalue weighted by Crippen LogP contribution is 2.27. The predicted octanol–water partition coefficient (Wildman–Crippen LogP) is 5.08. The number of fused-ring (bicyclic) bond motifs is 1. The summed E-state index contributed by atoms with van der Waals surface area (Å²) in [5.41, 5.74) is 3.40. The van der Waals surface area contributed by atoms with E-state index in [1.54, 1.807) is 24.3 Å². The number of ether oxygens (including phenoxy) is 2. The van der Waals surface area contributed by atoms with Crippen LogP contribution in [0.2, 0.25) is 0 Å². The van der Waals surface area contributed by atoms with Crippen LogP contribution in [-0.4, -0.2) is 37.6 Å². The second-order valence-corrected chi connectivity index (χ2v) is 8.91. The quantitative estimate of drug-likeness (QED) is 0.255. The predicted molar refractivity (Wildman–Crippen MR) is 144 cm³/mol. The van der Waals surface area contributed by atoms with Gasteiger partial charge in [-0.1, -0.05) is 46.3 Å². The van der Waals surface area contributed by atoms with Gasteiger partial charge in [0.2, 0.25) is 0 Å². The van der Waals surface area contributed by atoms with Crippen LogP contribution >= 0.6 is 15.9 Å². The maximum Gasteiger partial charge on any atom is 0.267 e. The van der Waals surface area contributed by atoms with E-state index < -0.39 is 5.91 Å². The lowest BCUT2D eigenvalue weighted by Gasteiger charge is -2.13. The highest BCUT2D eigenvalue weighted by atomic mass is 79.9. The second kappa shape index (κ2) is 11.6. The van der Waals surface area contributed by atoms with Crippen LogP contribution in [0.1, 0.15) is 21.5 Å². The van der Waals surface area contributed by atoms with E-state index in [9.17, 15) is 9.59 Å². The molecule has 0 fully saturated rings. The van der Waals surface area contributed by atoms with Gasteiger partial charge in [0.15, 0.2) is 11.5 Å². The van der Waals surface area contributed by atoms with Crippen molar-refractivity contribution in [2.45, 2.75) is 6.42 Å². The number of hydrogen-bond acceptors (Lipinski definition) is 4. The molecular weight excluding hydrogens is 522 g/mol. The standard InChI is InChI=1S/C28H26BrN3O4/c1-35-25-12-9-19(16-26(25)36-2)27(33)32-24(15-18-7-10-21(29)11-8-18)28(34)30-14-13-20-17-31-23-6-4-3-5-22(20)23/h3-12,15-17,31H,13-14H2,1-2H3,(H,30,34)(H,32,33). The smallest absolute Gasteiger partial charge is 0.267 e. The Bertz CT molecular complexity index is 1410. The SMILES string of the molecule is COc1ccc(C(=O)NC(=Cc2ccc(Br)cc2)C(=O)NCCc2c[nH]c3ccccc23)cc1OC. The van der Waals surface area contributed by atoms with E-state index in [4.69, 9.17) is 9.47 Å². The molecule has 1 aromatic heterocycles. The number of nitrogens with one attached hydrogen (secondary N) is 3. The van der Waals surface area contributed by atoms with E-state index >= 15 is 0 Å². The number of halogens is 1. The molecule has 0 unspecified atom stereocenters. The van der Waals surface area contributed by atoms with Crippen LogP contribution in [-0.2, 0) is 11.2 Å². The molecule has 0 saturated carbocycles. The molecule has 3 N–H and O–H groups in total. The fourth-order valence-electron chi connectivity index (χ4n) is 3.80. The first-order valence-electron chi connectivity index (χ1n) is 11.3. The molecule has 7 nitrogen and oxygen atoms in total. The molecule has 0 atom stereocenters. The molecule has 2 amide bonds. The van der Waals surface area contributed by atoms with Crippen LogP contribution in [0.5, 0.6) is 11.5 Å². The number of aromatic amines is 1. The summed E-state index contributed by atoms with van der Waals surface area (Å²) < 4.78 is 11.5. The fourth-order valence-corrected chi connectivity index (χ4v) is 4.06. The number of benzene rings is 3. The van der Waals surface area contributed by atoms with Crippen molar-refractivity contribution in [3.63, 3.8) is 0 Å². The average Bonchev–Trinajstić information content (AvgIpc) is 3.32. The number of methoxy groups -OCH3 is 2. The van der Waals surface area contributed by atoms with Gasteiger partial charge in [-0.25, -0.2) is 0 Å². The van der Waals surface area contributed by atoms with Crippen LogP contribution in [0, 0.1) is 0 Å². The second-order valence-electron chi connectivity index (χ2n) is 8.00. The number of H-pyrrole nitrogens is 1. The van der Waals surface area contributed by atoms with E-state index in [0.717, 1.165) is 26.5 Å². The molecule has 3 aromatic carbocycles. The zero-order chi connectivity index (χ0) is 25.5. The summed E-state index contributed by atoms with van der Waals surface area (Å²) >= 11 is 3.41. The summed E-state index contributed by atoms with van der Waals surface area (Å²) in [6.45, 7) is 0.407. The summed E-state index contributed by atoms with van der Waals surface area (Å²) in [7, 11) is 3.02. The Hall–Kier alpha value is -4.04. The van der Waals surface area contributed by atoms with Gasteiger partial charge in [-0.3, -0.25) is 9.59 Å². The van der Waals surface area contributed by atoms with Crippen molar-refractivity contribution in [3.8, 4) is 11.5 Å². The lowest BCUT2D eigenvalue weighted by molar-refractivity contribution is -0.117. The number of para-hydroxylation sites is 1. The summed E-state index contributed by atoms with van der Waals surface area (Å²) in [5.74, 6) is 0.110. The lowest BCUT2D eigenvalue weighted by Crippen LogP contribution is -2.35. The lowest BCUT2D eigenvalue weighted by atomic mass is 10.1. The molecule has 4 rings (SSSR count). The first-order chi connectivity index (χ1) is 17.5. The zero-order valence-electron chi connectivity index (χ0n) is 19.9. The molecular formula is C28H26BrN3O4. The van der Waals surface area contributed by atoms with Gasteiger partial charge in [-0.15, -0.1) is 0 Å². The highest BCUT2D eigenvalue weighted by Gasteiger charge is 2.17. The minimum absolute atomic E-state index is 0.135. The molecule has 8 heteroatoms. The molecule has 0 spiro atoms. The van der Waals surface area contributed by atoms with Gasteiger partial charge < -0.3 is 25.1 Å². The van der Waals surface area contributed by atoms with Gasteiger partial charge in [0.1, 0.15) is 5.70 Å². The molecule has 0 radical (unpaired) electrons. The number of carbonyl (C=O) groups is 2. The Morgan fingerprint density at radius 1 is 0.972 bits per heavy atom. The number of aromatic nitrogens is 1. The summed E-state index contributed by atoms with van der Waals surface area (Å²) in [4.78, 5) is 29.4. The minimum atomic E-state index is -0.439. The number of amides is 2. The van der Waals surface area contributed by atoms with Crippen molar-refractivity contribution in [2.24, 2.45) is 0 Å². The van der Waals surface area contributed by atoms with Crippen molar-refractivity contribution in [1.82, 2.24) is 15.6 Å². The Balaban J connectivity index is 1.51. The van der Waals surface area contributed by atoms with Crippen LogP contribution < -0.4 is 20.1 Å². The third-order valence-electron chi connectivity index (χ3n) is 5.67. The summed E-state index contributed by atoms with van der Waals surface area (Å²) in [5, 5.41) is 6.80. The average molecular weight is 548 g/mol. The maximum atomic E-state index is 13.1. The van der Waals surface area contributed by atoms with Crippen LogP contribution in [0.15, 0.2) is 83.1 Å². The normalized spacial score (nSPS) is 11.2. The van der Waals surface area contributed by atoms with Crippen molar-refractivity contribution < 1.29 is 19.1 Å². The van der Waals surface area contributed by atoms with Gasteiger partial charge in [0.05, 0.1) is 14.2 Å². The molecule has 0 saturated heterocycles. The van der Waals surface area contributed by atoms with Gasteiger partial charge in [-0.05, 0) is 60.0 Å². The van der Waals surface area contributed by atoms with Crippen molar-refractivity contribution in [2.75, 3.05) is 20.8 Å². The zero-order valence-corrected chi connectivity index (χ0v) is 21.5. The Labute approximate surface area is 217 Å². The molecule has 0 bridgehead atoms. The fraction of sp³-hybridized carbons (Fsp3) is 0.143. The Morgan fingerprint density at radius 2 is 1.72 bits per heavy atom. The van der Waals surface area contributed by atoms with Gasteiger partial charge in [0, 0.05) is 33.7 Å². The monoisotopic (exact) mass is 547 g/mol. The first-order valence-corrected chi connectivity index (χ1v) is 12.1. The van der Waals surface area contributed by atoms with Crippen molar-refractivity contribution >= 4 is 44.7 Å². The van der Waals surface area contributed by atoms with Crippen molar-refractivity contribution in [3.05, 3.63) is 99.8 Å². The van der Waals surface area contributed by atoms with Crippen LogP contribution in [0.3, 0.4) is 0 Å². The molecule has 0 aliphatic heterocycles. The van der Waals surface area contributed by atoms with E-state index in [1.807, 2.05) is 54.7 Å². The topological polar surface area (TPSA) is 92.5 Å². The van der Waals surface area contributed by atoms with Gasteiger partial charge in [-0.2, -0.15) is 0 Å². The highest BCUT2D eigenvalue weighted by molar-refractivity contribution is 9.10. The molecule has 0 aliphatic rings. The largest absolute Gasteiger partial charge is 0.493 e. The van der Waals surface area contributed by atoms with E-state index in [2.05, 4.69) is 31.5 Å². The molecule has 36 heavy (non-hydrogen) atoms. The van der Waals surface area contributed by atoms with Gasteiger partial charge >= 0.3 is 0 Å². The number of rotatable bonds is 9. The number of carbonyl (C=O) groups excluding carboxylic acids is 2. The van der Waals surface area contributed by atoms with Crippen molar-refractivity contribution in [1.29, 1.82) is 0 Å². The van der Waals surface area contributed by atoms with Crippen LogP contribution in [0.25, 0.3) is 17.0 Å². The molecule has 184 valence electrons. The Kier molecular flexibility index (Phi) is 8.07. The molecule has 1 heterocycles. The molecule has 0 aliphatic carbocycles. The Morgan fingerprint density at radius 3 is 2.47 bits per heavy atom. The van der Waals surface area contributed by atoms with E-state index in [1.165, 1.54) is 14.2 Å². The van der Waals surface area contributed by atoms with E-state index in [-0.39, 0.29) is 11.6 Å². The maximum absolute atomic E-state index is 13.1. The van der Waals surface area contributed by atoms with Crippen LogP contribution in [0.4, 0.5) is 0 Å². The third kappa shape index (κ3) is 5.95. The van der Waals surface area contributed by atoms with E-state index in [0.29, 0.717) is 30.0 Å². The summed E-state index contributed by atoms with van der Waals surface area (Å²) in [6, 6.07) is 20.3. The van der Waals surface area contributed by atoms with Gasteiger partial charge in [0.25, 0.3) is 11.8 Å². The minimum Gasteiger partial charge on any atom is -0.493 e. The molecule has 4 aromatic rings.